The second-order valence-corrected chi connectivity index (χ2v) is 24.4. The van der Waals surface area contributed by atoms with Gasteiger partial charge in [0.2, 0.25) is 5.91 Å². The van der Waals surface area contributed by atoms with Crippen molar-refractivity contribution in [3.05, 3.63) is 158 Å². The number of anilines is 2. The number of hydrogen-bond acceptors (Lipinski definition) is 12. The summed E-state index contributed by atoms with van der Waals surface area (Å²) in [5.74, 6) is 0.712. The van der Waals surface area contributed by atoms with Gasteiger partial charge in [-0.25, -0.2) is 14.2 Å². The van der Waals surface area contributed by atoms with Crippen LogP contribution < -0.4 is 21.1 Å². The summed E-state index contributed by atoms with van der Waals surface area (Å²) in [4.78, 5) is 60.1. The number of nitrogens with two attached hydrogens (primary N) is 1. The predicted molar refractivity (Wildman–Crippen MR) is 333 cm³/mol. The van der Waals surface area contributed by atoms with Crippen LogP contribution in [0.3, 0.4) is 0 Å². The van der Waals surface area contributed by atoms with Crippen LogP contribution >= 0.6 is 23.2 Å². The average molecular weight is 1200 g/mol. The molecule has 0 unspecified atom stereocenters. The van der Waals surface area contributed by atoms with Gasteiger partial charge in [0, 0.05) is 98.4 Å². The summed E-state index contributed by atoms with van der Waals surface area (Å²) in [7, 11) is 1.71. The van der Waals surface area contributed by atoms with E-state index in [-0.39, 0.29) is 54.6 Å². The molecular weight excluding hydrogens is 1120 g/mol. The Morgan fingerprint density at radius 3 is 2.24 bits per heavy atom. The van der Waals surface area contributed by atoms with E-state index in [4.69, 9.17) is 53.2 Å². The van der Waals surface area contributed by atoms with Crippen molar-refractivity contribution in [1.82, 2.24) is 39.7 Å². The van der Waals surface area contributed by atoms with Crippen molar-refractivity contribution in [2.75, 3.05) is 96.9 Å². The Labute approximate surface area is 509 Å². The quantitative estimate of drug-likeness (QED) is 0.0738. The van der Waals surface area contributed by atoms with Gasteiger partial charge in [0.15, 0.2) is 0 Å². The van der Waals surface area contributed by atoms with Crippen molar-refractivity contribution in [1.29, 1.82) is 0 Å². The molecule has 4 amide bonds. The van der Waals surface area contributed by atoms with E-state index in [1.807, 2.05) is 90.5 Å². The zero-order chi connectivity index (χ0) is 60.6. The molecule has 1 fully saturated rings. The molecule has 0 radical (unpaired) electrons. The minimum Gasteiger partial charge on any atom is -0.493 e. The molecule has 0 saturated carbocycles. The molecule has 3 aliphatic rings. The molecule has 4 N–H and O–H groups in total. The average Bonchev–Trinajstić information content (AvgIpc) is 1.60. The van der Waals surface area contributed by atoms with Crippen LogP contribution in [0.15, 0.2) is 108 Å². The summed E-state index contributed by atoms with van der Waals surface area (Å²) in [6, 6.07) is 27.7. The van der Waals surface area contributed by atoms with Crippen molar-refractivity contribution in [2.24, 2.45) is 4.99 Å². The van der Waals surface area contributed by atoms with Crippen LogP contribution in [-0.2, 0) is 43.9 Å². The number of aliphatic imine (C=N–C) groups is 1. The number of carbonyl (C=O) groups is 3. The summed E-state index contributed by atoms with van der Waals surface area (Å²) in [6.45, 7) is 20.9. The Morgan fingerprint density at radius 1 is 0.859 bits per heavy atom. The number of ether oxygens (including phenoxy) is 3. The first-order valence-corrected chi connectivity index (χ1v) is 30.2. The Balaban J connectivity index is 0.761. The normalized spacial score (nSPS) is 19.6. The molecule has 20 heteroatoms. The van der Waals surface area contributed by atoms with Crippen LogP contribution in [0.1, 0.15) is 118 Å². The highest BCUT2D eigenvalue weighted by atomic mass is 35.5. The number of benzene rings is 4. The number of pyridine rings is 1. The van der Waals surface area contributed by atoms with Crippen LogP contribution in [0, 0.1) is 5.82 Å². The molecule has 0 spiro atoms. The third kappa shape index (κ3) is 14.1. The van der Waals surface area contributed by atoms with Gasteiger partial charge < -0.3 is 40.4 Å². The zero-order valence-corrected chi connectivity index (χ0v) is 51.7. The fourth-order valence-corrected chi connectivity index (χ4v) is 11.8. The van der Waals surface area contributed by atoms with Crippen molar-refractivity contribution >= 4 is 58.4 Å². The van der Waals surface area contributed by atoms with E-state index in [0.717, 1.165) is 46.2 Å². The van der Waals surface area contributed by atoms with Crippen molar-refractivity contribution in [3.8, 4) is 16.9 Å². The van der Waals surface area contributed by atoms with Gasteiger partial charge in [-0.1, -0.05) is 81.2 Å². The second-order valence-electron chi connectivity index (χ2n) is 23.5. The molecule has 452 valence electrons. The van der Waals surface area contributed by atoms with Crippen molar-refractivity contribution in [2.45, 2.75) is 103 Å². The maximum Gasteiger partial charge on any atom is 0.326 e. The van der Waals surface area contributed by atoms with Gasteiger partial charge in [0.05, 0.1) is 63.1 Å². The number of piperazine rings is 1. The van der Waals surface area contributed by atoms with Crippen molar-refractivity contribution in [3.63, 3.8) is 0 Å². The smallest absolute Gasteiger partial charge is 0.326 e. The summed E-state index contributed by atoms with van der Waals surface area (Å²) < 4.78 is 34.4. The minimum absolute atomic E-state index is 0.0599. The molecule has 4 aromatic carbocycles. The number of fused-ring (bicyclic) bond motifs is 5. The van der Waals surface area contributed by atoms with Crippen molar-refractivity contribution < 1.29 is 33.0 Å². The van der Waals surface area contributed by atoms with Crippen LogP contribution in [0.25, 0.3) is 11.1 Å². The molecule has 6 aromatic rings. The highest BCUT2D eigenvalue weighted by molar-refractivity contribution is 6.30. The number of aromatic nitrogens is 3. The number of nitrogens with zero attached hydrogens (tertiary/aromatic N) is 8. The van der Waals surface area contributed by atoms with E-state index >= 15 is 4.79 Å². The number of amidine groups is 1. The third-order valence-electron chi connectivity index (χ3n) is 16.7. The number of rotatable bonds is 17. The van der Waals surface area contributed by atoms with E-state index in [1.165, 1.54) is 12.1 Å². The van der Waals surface area contributed by atoms with Gasteiger partial charge in [0.1, 0.15) is 34.3 Å². The topological polar surface area (TPSA) is 185 Å². The molecule has 3 aliphatic heterocycles. The molecule has 2 bridgehead atoms. The summed E-state index contributed by atoms with van der Waals surface area (Å²) in [5, 5.41) is 12.4. The van der Waals surface area contributed by atoms with E-state index in [9.17, 15) is 14.0 Å². The molecule has 17 nitrogen and oxygen atoms in total. The third-order valence-corrected chi connectivity index (χ3v) is 17.2. The maximum absolute atomic E-state index is 15.5. The second kappa shape index (κ2) is 27.1. The number of halogens is 3. The molecular formula is C65H80Cl2FN11O6. The lowest BCUT2D eigenvalue weighted by Gasteiger charge is -2.47. The van der Waals surface area contributed by atoms with E-state index in [1.54, 1.807) is 28.9 Å². The zero-order valence-electron chi connectivity index (χ0n) is 50.2. The van der Waals surface area contributed by atoms with E-state index in [0.29, 0.717) is 129 Å². The first-order chi connectivity index (χ1) is 40.7. The fourth-order valence-electron chi connectivity index (χ4n) is 11.5. The van der Waals surface area contributed by atoms with Gasteiger partial charge in [-0.3, -0.25) is 29.1 Å². The minimum atomic E-state index is -1.04. The lowest BCUT2D eigenvalue weighted by molar-refractivity contribution is -0.122. The van der Waals surface area contributed by atoms with Gasteiger partial charge >= 0.3 is 6.03 Å². The van der Waals surface area contributed by atoms with E-state index < -0.39 is 11.1 Å². The number of hydrogen-bond donors (Lipinski definition) is 3. The summed E-state index contributed by atoms with van der Waals surface area (Å²) >= 11 is 13.0. The van der Waals surface area contributed by atoms with Gasteiger partial charge in [-0.15, -0.1) is 0 Å². The number of nitrogen functional groups attached to an aromatic ring is 1. The molecule has 0 aliphatic carbocycles. The first-order valence-electron chi connectivity index (χ1n) is 29.4. The number of nitrogens with one attached hydrogen (secondary N) is 2. The highest BCUT2D eigenvalue weighted by Gasteiger charge is 2.60. The van der Waals surface area contributed by atoms with Crippen LogP contribution in [-0.4, -0.2) is 144 Å². The Hall–Kier alpha value is -7.09. The highest BCUT2D eigenvalue weighted by Crippen LogP contribution is 2.54. The fraction of sp³-hybridized carbons (Fsp3) is 0.446. The largest absolute Gasteiger partial charge is 0.493 e. The Bertz CT molecular complexity index is 3370. The lowest BCUT2D eigenvalue weighted by Crippen LogP contribution is -2.60. The molecule has 1 saturated heterocycles. The predicted octanol–water partition coefficient (Wildman–Crippen LogP) is 11.1. The van der Waals surface area contributed by atoms with Gasteiger partial charge in [-0.05, 0) is 128 Å². The number of urea groups is 1. The van der Waals surface area contributed by atoms with Gasteiger partial charge in [-0.2, -0.15) is 5.10 Å². The van der Waals surface area contributed by atoms with Gasteiger partial charge in [0.25, 0.3) is 5.91 Å². The molecule has 5 heterocycles. The lowest BCUT2D eigenvalue weighted by atomic mass is 9.71. The molecule has 2 aromatic heterocycles. The SMILES string of the molecule is CCOc1cc(C(C)(C)C)ccc1C1=N[C@@](C)(c2ccc(Cl)cc2)[C@@](C)(c2ccc(Cl)cc2)N1C(=O)N1CCN(CCOCCOCCC(=O)NCCn2cc3c(n2)CN(C)C(=O)c2ccc(F)cc2[C@H](C)CCCNc2cc-3cnc2N)CC1. The monoisotopic (exact) mass is 1200 g/mol. The number of carbonyl (C=O) groups excluding carboxylic acids is 3. The Kier molecular flexibility index (Phi) is 19.9. The number of amides is 4. The summed E-state index contributed by atoms with van der Waals surface area (Å²) in [5.41, 5.74) is 11.7. The van der Waals surface area contributed by atoms with Crippen LogP contribution in [0.5, 0.6) is 5.75 Å². The standard InChI is InChI=1S/C65H80Cl2FN11O6/c1-9-85-57-38-47(63(3,4)5)16-22-52(57)60-73-64(6,45-12-17-48(66)18-13-45)65(7,46-14-19-49(67)20-15-46)79(60)62(82)77-30-28-76(29-31-77)32-34-84-36-35-83-33-24-58(80)71-26-27-78-41-54-44-37-55(59(69)72-40-44)70-25-10-11-43(2)53-39-50(68)21-23-51(53)61(81)75(8)42-56(54)74-78/h12-23,37-41,43,70H,9-11,24-36,42H2,1-8H3,(H2,69,72)(H,71,80)/t43-,64+,65-/m1/s1. The van der Waals surface area contributed by atoms with Crippen LogP contribution in [0.2, 0.25) is 10.0 Å². The maximum atomic E-state index is 15.5. The molecule has 3 atom stereocenters. The summed E-state index contributed by atoms with van der Waals surface area (Å²) in [6.07, 6.45) is 5.25. The Morgan fingerprint density at radius 2 is 1.54 bits per heavy atom. The molecule has 85 heavy (non-hydrogen) atoms. The molecule has 9 rings (SSSR count). The van der Waals surface area contributed by atoms with E-state index in [2.05, 4.69) is 67.3 Å². The first kappa shape index (κ1) is 62.4. The van der Waals surface area contributed by atoms with Crippen LogP contribution in [0.4, 0.5) is 20.7 Å².